The van der Waals surface area contributed by atoms with Crippen LogP contribution in [0, 0.1) is 6.92 Å². The zero-order valence-electron chi connectivity index (χ0n) is 20.5. The summed E-state index contributed by atoms with van der Waals surface area (Å²) in [5.41, 5.74) is 4.60. The molecule has 184 valence electrons. The Kier molecular flexibility index (Phi) is 7.03. The molecule has 0 saturated heterocycles. The first-order chi connectivity index (χ1) is 17.6. The number of aryl methyl sites for hydroxylation is 1. The first-order valence-corrected chi connectivity index (χ1v) is 12.4. The summed E-state index contributed by atoms with van der Waals surface area (Å²) in [7, 11) is 0. The highest BCUT2D eigenvalue weighted by Crippen LogP contribution is 2.28. The van der Waals surface area contributed by atoms with Crippen molar-refractivity contribution in [2.24, 2.45) is 0 Å². The van der Waals surface area contributed by atoms with Crippen LogP contribution in [-0.2, 0) is 24.4 Å². The van der Waals surface area contributed by atoms with Gasteiger partial charge >= 0.3 is 0 Å². The molecule has 1 aliphatic rings. The number of nitrogens with zero attached hydrogens (tertiary/aromatic N) is 3. The summed E-state index contributed by atoms with van der Waals surface area (Å²) in [6.45, 7) is 3.83. The highest BCUT2D eigenvalue weighted by atomic mass is 16.3. The van der Waals surface area contributed by atoms with Crippen LogP contribution < -0.4 is 0 Å². The number of furan rings is 1. The second-order valence-corrected chi connectivity index (χ2v) is 9.43. The molecule has 0 spiro atoms. The van der Waals surface area contributed by atoms with Gasteiger partial charge in [0.2, 0.25) is 5.91 Å². The van der Waals surface area contributed by atoms with Crippen LogP contribution in [0.4, 0.5) is 0 Å². The Morgan fingerprint density at radius 1 is 0.917 bits per heavy atom. The lowest BCUT2D eigenvalue weighted by Crippen LogP contribution is -2.43. The van der Waals surface area contributed by atoms with Gasteiger partial charge in [-0.2, -0.15) is 0 Å². The maximum atomic E-state index is 13.7. The molecule has 0 atom stereocenters. The Balaban J connectivity index is 1.37. The highest BCUT2D eigenvalue weighted by molar-refractivity contribution is 5.94. The predicted molar refractivity (Wildman–Crippen MR) is 138 cm³/mol. The van der Waals surface area contributed by atoms with Crippen molar-refractivity contribution in [1.82, 2.24) is 14.4 Å². The van der Waals surface area contributed by atoms with Crippen molar-refractivity contribution >= 4 is 11.8 Å². The number of carbonyl (C=O) groups is 2. The Hall–Kier alpha value is -4.06. The minimum Gasteiger partial charge on any atom is -0.459 e. The summed E-state index contributed by atoms with van der Waals surface area (Å²) >= 11 is 0. The molecular formula is C30H31N3O3. The van der Waals surface area contributed by atoms with E-state index in [1.54, 1.807) is 17.0 Å². The van der Waals surface area contributed by atoms with E-state index in [2.05, 4.69) is 42.0 Å². The quantitative estimate of drug-likeness (QED) is 0.310. The van der Waals surface area contributed by atoms with Gasteiger partial charge in [-0.05, 0) is 60.7 Å². The lowest BCUT2D eigenvalue weighted by atomic mass is 10.1. The van der Waals surface area contributed by atoms with Crippen molar-refractivity contribution in [3.05, 3.63) is 119 Å². The molecule has 2 amide bonds. The Morgan fingerprint density at radius 2 is 1.69 bits per heavy atom. The number of hydrogen-bond acceptors (Lipinski definition) is 3. The topological polar surface area (TPSA) is 58.7 Å². The number of aromatic nitrogens is 1. The number of benzene rings is 2. The fourth-order valence-electron chi connectivity index (χ4n) is 4.49. The van der Waals surface area contributed by atoms with E-state index in [0.29, 0.717) is 13.1 Å². The van der Waals surface area contributed by atoms with E-state index in [4.69, 9.17) is 4.42 Å². The van der Waals surface area contributed by atoms with E-state index < -0.39 is 0 Å². The average Bonchev–Trinajstić information content (AvgIpc) is 3.39. The van der Waals surface area contributed by atoms with Gasteiger partial charge in [0.05, 0.1) is 12.8 Å². The second-order valence-electron chi connectivity index (χ2n) is 9.43. The molecule has 0 unspecified atom stereocenters. The molecule has 6 heteroatoms. The van der Waals surface area contributed by atoms with Crippen LogP contribution in [0.25, 0.3) is 0 Å². The highest BCUT2D eigenvalue weighted by Gasteiger charge is 2.36. The van der Waals surface area contributed by atoms with Gasteiger partial charge in [-0.3, -0.25) is 9.59 Å². The van der Waals surface area contributed by atoms with Crippen molar-refractivity contribution in [2.75, 3.05) is 6.54 Å². The lowest BCUT2D eigenvalue weighted by Gasteiger charge is -2.28. The zero-order valence-corrected chi connectivity index (χ0v) is 20.5. The van der Waals surface area contributed by atoms with Gasteiger partial charge in [0.25, 0.3) is 5.91 Å². The van der Waals surface area contributed by atoms with E-state index in [9.17, 15) is 9.59 Å². The third-order valence-electron chi connectivity index (χ3n) is 6.73. The van der Waals surface area contributed by atoms with E-state index in [1.807, 2.05) is 47.4 Å². The van der Waals surface area contributed by atoms with E-state index in [0.717, 1.165) is 30.6 Å². The first kappa shape index (κ1) is 23.7. The third-order valence-corrected chi connectivity index (χ3v) is 6.73. The lowest BCUT2D eigenvalue weighted by molar-refractivity contribution is -0.133. The van der Waals surface area contributed by atoms with Crippen LogP contribution >= 0.6 is 0 Å². The normalized spacial score (nSPS) is 12.9. The molecule has 2 aromatic carbocycles. The summed E-state index contributed by atoms with van der Waals surface area (Å²) in [5.74, 6) is -0.0239. The average molecular weight is 482 g/mol. The number of hydrogen-bond donors (Lipinski definition) is 0. The number of carbonyl (C=O) groups excluding carboxylic acids is 2. The third kappa shape index (κ3) is 5.60. The minimum atomic E-state index is -0.224. The summed E-state index contributed by atoms with van der Waals surface area (Å²) in [6.07, 6.45) is 5.38. The fraction of sp³-hybridized carbons (Fsp3) is 0.267. The van der Waals surface area contributed by atoms with Gasteiger partial charge in [-0.25, -0.2) is 0 Å². The first-order valence-electron chi connectivity index (χ1n) is 12.4. The molecule has 2 heterocycles. The molecular weight excluding hydrogens is 450 g/mol. The van der Waals surface area contributed by atoms with Crippen LogP contribution in [0.5, 0.6) is 0 Å². The molecule has 36 heavy (non-hydrogen) atoms. The van der Waals surface area contributed by atoms with Gasteiger partial charge in [0, 0.05) is 31.0 Å². The molecule has 6 nitrogen and oxygen atoms in total. The molecule has 4 aromatic rings. The van der Waals surface area contributed by atoms with Crippen molar-refractivity contribution in [2.45, 2.75) is 45.4 Å². The van der Waals surface area contributed by atoms with Crippen LogP contribution in [0.1, 0.15) is 45.8 Å². The number of rotatable bonds is 10. The van der Waals surface area contributed by atoms with Crippen LogP contribution in [0.3, 0.4) is 0 Å². The van der Waals surface area contributed by atoms with Crippen molar-refractivity contribution in [3.8, 4) is 0 Å². The van der Waals surface area contributed by atoms with Crippen molar-refractivity contribution in [3.63, 3.8) is 0 Å². The van der Waals surface area contributed by atoms with E-state index >= 15 is 0 Å². The van der Waals surface area contributed by atoms with Gasteiger partial charge in [-0.1, -0.05) is 54.6 Å². The summed E-state index contributed by atoms with van der Waals surface area (Å²) in [4.78, 5) is 30.3. The van der Waals surface area contributed by atoms with Gasteiger partial charge in [-0.15, -0.1) is 0 Å². The molecule has 1 fully saturated rings. The Morgan fingerprint density at radius 3 is 2.42 bits per heavy atom. The SMILES string of the molecule is Cc1ccccc1Cn1cccc1CN(Cc1ccccc1)C(=O)CN(C(=O)c1ccco1)C1CC1. The second kappa shape index (κ2) is 10.7. The van der Waals surface area contributed by atoms with Crippen molar-refractivity contribution < 1.29 is 14.0 Å². The van der Waals surface area contributed by atoms with Crippen LogP contribution in [0.2, 0.25) is 0 Å². The van der Waals surface area contributed by atoms with Crippen LogP contribution in [-0.4, -0.2) is 38.8 Å². The summed E-state index contributed by atoms with van der Waals surface area (Å²) in [6, 6.07) is 25.9. The number of amides is 2. The summed E-state index contributed by atoms with van der Waals surface area (Å²) < 4.78 is 7.53. The molecule has 5 rings (SSSR count). The molecule has 1 aliphatic carbocycles. The van der Waals surface area contributed by atoms with Crippen molar-refractivity contribution in [1.29, 1.82) is 0 Å². The van der Waals surface area contributed by atoms with Crippen LogP contribution in [0.15, 0.2) is 95.7 Å². The standard InChI is InChI=1S/C30H31N3O3/c1-23-9-5-6-12-25(23)20-31-17-7-13-27(31)21-32(19-24-10-3-2-4-11-24)29(34)22-33(26-15-16-26)30(35)28-14-8-18-36-28/h2-14,17-18,26H,15-16,19-22H2,1H3. The molecule has 1 saturated carbocycles. The van der Waals surface area contributed by atoms with E-state index in [-0.39, 0.29) is 30.2 Å². The maximum absolute atomic E-state index is 13.7. The minimum absolute atomic E-state index is 0.0372. The Labute approximate surface area is 211 Å². The predicted octanol–water partition coefficient (Wildman–Crippen LogP) is 5.27. The summed E-state index contributed by atoms with van der Waals surface area (Å²) in [5, 5.41) is 0. The van der Waals surface area contributed by atoms with E-state index in [1.165, 1.54) is 17.4 Å². The van der Waals surface area contributed by atoms with Gasteiger partial charge in [0.15, 0.2) is 5.76 Å². The van der Waals surface area contributed by atoms with Gasteiger partial charge < -0.3 is 18.8 Å². The maximum Gasteiger partial charge on any atom is 0.290 e. The zero-order chi connectivity index (χ0) is 24.9. The monoisotopic (exact) mass is 481 g/mol. The fourth-order valence-corrected chi connectivity index (χ4v) is 4.49. The molecule has 0 bridgehead atoms. The smallest absolute Gasteiger partial charge is 0.290 e. The largest absolute Gasteiger partial charge is 0.459 e. The molecule has 0 N–H and O–H groups in total. The molecule has 0 radical (unpaired) electrons. The van der Waals surface area contributed by atoms with Gasteiger partial charge in [0.1, 0.15) is 6.54 Å². The molecule has 0 aliphatic heterocycles. The molecule has 2 aromatic heterocycles. The Bertz CT molecular complexity index is 1310.